The molecule has 0 saturated heterocycles. The first kappa shape index (κ1) is 18.4. The lowest BCUT2D eigenvalue weighted by Crippen LogP contribution is -2.22. The zero-order valence-electron chi connectivity index (χ0n) is 14.6. The first-order chi connectivity index (χ1) is 11.9. The molecular weight excluding hydrogens is 329 g/mol. The van der Waals surface area contributed by atoms with Crippen LogP contribution < -0.4 is 15.6 Å². The summed E-state index contributed by atoms with van der Waals surface area (Å²) >= 11 is 0. The Bertz CT molecular complexity index is 877. The summed E-state index contributed by atoms with van der Waals surface area (Å²) in [5, 5.41) is 14.1. The van der Waals surface area contributed by atoms with Gasteiger partial charge in [-0.15, -0.1) is 0 Å². The molecule has 3 rings (SSSR count). The van der Waals surface area contributed by atoms with Crippen LogP contribution in [0.2, 0.25) is 0 Å². The quantitative estimate of drug-likeness (QED) is 0.675. The number of hydrogen-bond acceptors (Lipinski definition) is 5. The molecule has 134 valence electrons. The third-order valence-electron chi connectivity index (χ3n) is 3.75. The summed E-state index contributed by atoms with van der Waals surface area (Å²) in [6.07, 6.45) is 0. The molecule has 1 aromatic heterocycles. The Balaban J connectivity index is 0.00000109. The predicted octanol–water partition coefficient (Wildman–Crippen LogP) is 3.67. The number of halogens is 1. The van der Waals surface area contributed by atoms with E-state index in [2.05, 4.69) is 5.32 Å². The van der Waals surface area contributed by atoms with Gasteiger partial charge in [-0.2, -0.15) is 0 Å². The van der Waals surface area contributed by atoms with E-state index in [4.69, 9.17) is 4.74 Å². The van der Waals surface area contributed by atoms with Gasteiger partial charge in [-0.1, -0.05) is 19.9 Å². The average molecular weight is 349 g/mol. The third-order valence-corrected chi connectivity index (χ3v) is 3.75. The Morgan fingerprint density at radius 2 is 2.00 bits per heavy atom. The minimum atomic E-state index is -0.627. The lowest BCUT2D eigenvalue weighted by Gasteiger charge is -2.13. The van der Waals surface area contributed by atoms with Gasteiger partial charge in [0.25, 0.3) is 11.4 Å². The fourth-order valence-corrected chi connectivity index (χ4v) is 2.58. The maximum absolute atomic E-state index is 14.0. The number of nitrogens with one attached hydrogen (secondary N) is 1. The number of rotatable bonds is 3. The number of fused-ring (bicyclic) bond motifs is 1. The molecule has 1 aliphatic rings. The molecule has 0 unspecified atom stereocenters. The molecule has 1 N–H and O–H groups in total. The summed E-state index contributed by atoms with van der Waals surface area (Å²) in [5.41, 5.74) is 0.125. The summed E-state index contributed by atoms with van der Waals surface area (Å²) < 4.78 is 20.5. The van der Waals surface area contributed by atoms with E-state index >= 15 is 0 Å². The number of benzene rings is 1. The van der Waals surface area contributed by atoms with E-state index in [1.807, 2.05) is 13.8 Å². The highest BCUT2D eigenvalue weighted by molar-refractivity contribution is 5.76. The SMILES string of the molecule is CC.Cc1ccc(Nc2c([N+](=O)[O-])c3n(c(=O)c2C)CCO3)c(F)c1. The third kappa shape index (κ3) is 3.33. The number of ether oxygens (including phenoxy) is 1. The summed E-state index contributed by atoms with van der Waals surface area (Å²) in [7, 11) is 0. The molecule has 0 atom stereocenters. The summed E-state index contributed by atoms with van der Waals surface area (Å²) in [5.74, 6) is -0.652. The number of pyridine rings is 1. The Labute approximate surface area is 144 Å². The Hall–Kier alpha value is -2.90. The highest BCUT2D eigenvalue weighted by Crippen LogP contribution is 2.39. The van der Waals surface area contributed by atoms with E-state index < -0.39 is 16.3 Å². The first-order valence-corrected chi connectivity index (χ1v) is 7.98. The number of anilines is 2. The molecule has 0 fully saturated rings. The number of aromatic nitrogens is 1. The van der Waals surface area contributed by atoms with Crippen molar-refractivity contribution in [2.24, 2.45) is 0 Å². The van der Waals surface area contributed by atoms with Crippen LogP contribution in [0.25, 0.3) is 0 Å². The van der Waals surface area contributed by atoms with Crippen molar-refractivity contribution in [3.05, 3.63) is 55.6 Å². The molecule has 1 aromatic carbocycles. The molecule has 8 heteroatoms. The monoisotopic (exact) mass is 349 g/mol. The second-order valence-electron chi connectivity index (χ2n) is 5.32. The van der Waals surface area contributed by atoms with E-state index in [1.54, 1.807) is 13.0 Å². The second-order valence-corrected chi connectivity index (χ2v) is 5.32. The van der Waals surface area contributed by atoms with Crippen molar-refractivity contribution in [2.45, 2.75) is 34.2 Å². The zero-order chi connectivity index (χ0) is 18.7. The van der Waals surface area contributed by atoms with E-state index in [9.17, 15) is 19.3 Å². The summed E-state index contributed by atoms with van der Waals surface area (Å²) in [6.45, 7) is 7.65. The predicted molar refractivity (Wildman–Crippen MR) is 93.4 cm³/mol. The average Bonchev–Trinajstić information content (AvgIpc) is 3.05. The standard InChI is InChI=1S/C15H14FN3O4.C2H6/c1-8-3-4-11(10(16)7-8)17-12-9(2)14(20)18-5-6-23-15(18)13(12)19(21)22;1-2/h3-4,7,17H,5-6H2,1-2H3;1-2H3. The number of nitrogens with zero attached hydrogens (tertiary/aromatic N) is 2. The van der Waals surface area contributed by atoms with E-state index in [-0.39, 0.29) is 41.7 Å². The molecule has 7 nitrogen and oxygen atoms in total. The Kier molecular flexibility index (Phi) is 5.41. The molecule has 0 aliphatic carbocycles. The largest absolute Gasteiger partial charge is 0.472 e. The van der Waals surface area contributed by atoms with Gasteiger partial charge in [-0.3, -0.25) is 19.5 Å². The minimum Gasteiger partial charge on any atom is -0.472 e. The van der Waals surface area contributed by atoms with Crippen molar-refractivity contribution in [1.29, 1.82) is 0 Å². The molecule has 2 heterocycles. The van der Waals surface area contributed by atoms with Crippen LogP contribution in [0.5, 0.6) is 5.88 Å². The number of nitro groups is 1. The topological polar surface area (TPSA) is 86.4 Å². The maximum atomic E-state index is 14.0. The first-order valence-electron chi connectivity index (χ1n) is 7.98. The van der Waals surface area contributed by atoms with Crippen LogP contribution in [-0.2, 0) is 6.54 Å². The van der Waals surface area contributed by atoms with Gasteiger partial charge in [0.15, 0.2) is 0 Å². The van der Waals surface area contributed by atoms with Crippen LogP contribution in [0.15, 0.2) is 23.0 Å². The molecule has 0 saturated carbocycles. The van der Waals surface area contributed by atoms with Crippen molar-refractivity contribution in [1.82, 2.24) is 4.57 Å². The van der Waals surface area contributed by atoms with Crippen molar-refractivity contribution < 1.29 is 14.1 Å². The van der Waals surface area contributed by atoms with Crippen molar-refractivity contribution >= 4 is 17.1 Å². The number of aryl methyl sites for hydroxylation is 1. The van der Waals surface area contributed by atoms with Crippen LogP contribution in [-0.4, -0.2) is 16.1 Å². The normalized spacial score (nSPS) is 11.9. The fourth-order valence-electron chi connectivity index (χ4n) is 2.58. The molecule has 25 heavy (non-hydrogen) atoms. The van der Waals surface area contributed by atoms with Crippen LogP contribution in [0, 0.1) is 29.8 Å². The highest BCUT2D eigenvalue weighted by Gasteiger charge is 2.32. The highest BCUT2D eigenvalue weighted by atomic mass is 19.1. The van der Waals surface area contributed by atoms with E-state index in [0.29, 0.717) is 0 Å². The van der Waals surface area contributed by atoms with Gasteiger partial charge in [0, 0.05) is 5.56 Å². The minimum absolute atomic E-state index is 0.0455. The molecule has 0 amide bonds. The summed E-state index contributed by atoms with van der Waals surface area (Å²) in [6, 6.07) is 4.45. The molecule has 0 radical (unpaired) electrons. The number of hydrogen-bond donors (Lipinski definition) is 1. The van der Waals surface area contributed by atoms with Crippen LogP contribution in [0.4, 0.5) is 21.5 Å². The van der Waals surface area contributed by atoms with Crippen molar-refractivity contribution in [3.8, 4) is 5.88 Å². The smallest absolute Gasteiger partial charge is 0.352 e. The van der Waals surface area contributed by atoms with Crippen molar-refractivity contribution in [3.63, 3.8) is 0 Å². The van der Waals surface area contributed by atoms with Gasteiger partial charge in [0.05, 0.1) is 17.2 Å². The molecule has 0 bridgehead atoms. The van der Waals surface area contributed by atoms with Crippen LogP contribution >= 0.6 is 0 Å². The van der Waals surface area contributed by atoms with Crippen LogP contribution in [0.3, 0.4) is 0 Å². The van der Waals surface area contributed by atoms with Crippen molar-refractivity contribution in [2.75, 3.05) is 11.9 Å². The van der Waals surface area contributed by atoms with E-state index in [1.165, 1.54) is 23.6 Å². The fraction of sp³-hybridized carbons (Fsp3) is 0.353. The van der Waals surface area contributed by atoms with Gasteiger partial charge in [-0.25, -0.2) is 4.39 Å². The second kappa shape index (κ2) is 7.33. The molecule has 1 aliphatic heterocycles. The van der Waals surface area contributed by atoms with Gasteiger partial charge >= 0.3 is 5.69 Å². The van der Waals surface area contributed by atoms with Crippen LogP contribution in [0.1, 0.15) is 25.0 Å². The van der Waals surface area contributed by atoms with Gasteiger partial charge in [0.2, 0.25) is 0 Å². The Morgan fingerprint density at radius 1 is 1.32 bits per heavy atom. The molecular formula is C17H20FN3O4. The summed E-state index contributed by atoms with van der Waals surface area (Å²) in [4.78, 5) is 23.1. The van der Waals surface area contributed by atoms with Gasteiger partial charge in [-0.05, 0) is 31.5 Å². The van der Waals surface area contributed by atoms with E-state index in [0.717, 1.165) is 5.56 Å². The zero-order valence-corrected chi connectivity index (χ0v) is 14.6. The lowest BCUT2D eigenvalue weighted by molar-refractivity contribution is -0.385. The Morgan fingerprint density at radius 3 is 2.60 bits per heavy atom. The van der Waals surface area contributed by atoms with Gasteiger partial charge in [0.1, 0.15) is 18.1 Å². The van der Waals surface area contributed by atoms with Gasteiger partial charge < -0.3 is 10.1 Å². The maximum Gasteiger partial charge on any atom is 0.352 e. The lowest BCUT2D eigenvalue weighted by atomic mass is 10.1. The molecule has 2 aromatic rings. The molecule has 0 spiro atoms.